The molecule has 0 aliphatic carbocycles. The number of para-hydroxylation sites is 1. The molecular formula is C14H16N2O. The summed E-state index contributed by atoms with van der Waals surface area (Å²) >= 11 is 0. The van der Waals surface area contributed by atoms with Crippen molar-refractivity contribution in [2.45, 2.75) is 13.0 Å². The molecule has 0 spiro atoms. The van der Waals surface area contributed by atoms with Gasteiger partial charge < -0.3 is 10.4 Å². The van der Waals surface area contributed by atoms with Crippen molar-refractivity contribution in [2.24, 2.45) is 0 Å². The number of benzene rings is 1. The van der Waals surface area contributed by atoms with E-state index < -0.39 is 6.10 Å². The molecule has 1 aromatic heterocycles. The number of aryl methyl sites for hydroxylation is 1. The van der Waals surface area contributed by atoms with Gasteiger partial charge in [-0.3, -0.25) is 4.98 Å². The van der Waals surface area contributed by atoms with E-state index in [0.29, 0.717) is 6.54 Å². The minimum Gasteiger partial charge on any atom is -0.387 e. The minimum absolute atomic E-state index is 0.495. The van der Waals surface area contributed by atoms with Crippen LogP contribution in [0.2, 0.25) is 0 Å². The molecule has 0 bridgehead atoms. The SMILES string of the molecule is Cc1ccccc1NCC(O)c1ccncc1. The highest BCUT2D eigenvalue weighted by atomic mass is 16.3. The number of nitrogens with one attached hydrogen (secondary N) is 1. The number of nitrogens with zero attached hydrogens (tertiary/aromatic N) is 1. The normalized spacial score (nSPS) is 12.1. The summed E-state index contributed by atoms with van der Waals surface area (Å²) < 4.78 is 0. The molecule has 1 unspecified atom stereocenters. The Hall–Kier alpha value is -1.87. The van der Waals surface area contributed by atoms with E-state index in [0.717, 1.165) is 11.3 Å². The lowest BCUT2D eigenvalue weighted by molar-refractivity contribution is 0.191. The van der Waals surface area contributed by atoms with Gasteiger partial charge >= 0.3 is 0 Å². The van der Waals surface area contributed by atoms with Crippen molar-refractivity contribution in [1.82, 2.24) is 4.98 Å². The molecule has 2 rings (SSSR count). The molecule has 0 saturated carbocycles. The molecule has 0 aliphatic rings. The van der Waals surface area contributed by atoms with E-state index in [1.54, 1.807) is 12.4 Å². The second-order valence-corrected chi connectivity index (χ2v) is 3.99. The summed E-state index contributed by atoms with van der Waals surface area (Å²) in [5.41, 5.74) is 3.11. The van der Waals surface area contributed by atoms with Gasteiger partial charge in [0.05, 0.1) is 6.10 Å². The van der Waals surface area contributed by atoms with Gasteiger partial charge in [-0.2, -0.15) is 0 Å². The molecule has 88 valence electrons. The van der Waals surface area contributed by atoms with Crippen LogP contribution in [-0.2, 0) is 0 Å². The third kappa shape index (κ3) is 3.04. The maximum Gasteiger partial charge on any atom is 0.0963 e. The van der Waals surface area contributed by atoms with Crippen LogP contribution in [-0.4, -0.2) is 16.6 Å². The van der Waals surface area contributed by atoms with E-state index in [-0.39, 0.29) is 0 Å². The van der Waals surface area contributed by atoms with Crippen molar-refractivity contribution in [1.29, 1.82) is 0 Å². The van der Waals surface area contributed by atoms with E-state index in [1.807, 2.05) is 43.3 Å². The summed E-state index contributed by atoms with van der Waals surface area (Å²) in [6.07, 6.45) is 2.86. The van der Waals surface area contributed by atoms with E-state index in [2.05, 4.69) is 10.3 Å². The molecule has 0 radical (unpaired) electrons. The van der Waals surface area contributed by atoms with Crippen LogP contribution in [0.5, 0.6) is 0 Å². The molecule has 3 nitrogen and oxygen atoms in total. The molecule has 0 aliphatic heterocycles. The summed E-state index contributed by atoms with van der Waals surface area (Å²) in [6.45, 7) is 2.54. The highest BCUT2D eigenvalue weighted by Gasteiger charge is 2.06. The number of rotatable bonds is 4. The number of hydrogen-bond donors (Lipinski definition) is 2. The number of aliphatic hydroxyl groups is 1. The van der Waals surface area contributed by atoms with Gasteiger partial charge in [0, 0.05) is 24.6 Å². The van der Waals surface area contributed by atoms with Crippen molar-refractivity contribution in [3.8, 4) is 0 Å². The van der Waals surface area contributed by atoms with Gasteiger partial charge in [0.25, 0.3) is 0 Å². The van der Waals surface area contributed by atoms with E-state index >= 15 is 0 Å². The lowest BCUT2D eigenvalue weighted by Crippen LogP contribution is -2.12. The lowest BCUT2D eigenvalue weighted by Gasteiger charge is -2.14. The van der Waals surface area contributed by atoms with Gasteiger partial charge in [0.15, 0.2) is 0 Å². The van der Waals surface area contributed by atoms with Gasteiger partial charge in [0.2, 0.25) is 0 Å². The van der Waals surface area contributed by atoms with Crippen LogP contribution in [0.25, 0.3) is 0 Å². The molecular weight excluding hydrogens is 212 g/mol. The fourth-order valence-corrected chi connectivity index (χ4v) is 1.68. The van der Waals surface area contributed by atoms with Gasteiger partial charge in [-0.05, 0) is 36.2 Å². The van der Waals surface area contributed by atoms with Gasteiger partial charge in [-0.15, -0.1) is 0 Å². The summed E-state index contributed by atoms with van der Waals surface area (Å²) in [7, 11) is 0. The molecule has 0 saturated heterocycles. The van der Waals surface area contributed by atoms with E-state index in [1.165, 1.54) is 5.56 Å². The number of hydrogen-bond acceptors (Lipinski definition) is 3. The average Bonchev–Trinajstić information content (AvgIpc) is 2.38. The molecule has 1 heterocycles. The summed E-state index contributed by atoms with van der Waals surface area (Å²) in [5, 5.41) is 13.2. The Labute approximate surface area is 101 Å². The smallest absolute Gasteiger partial charge is 0.0963 e. The molecule has 2 aromatic rings. The zero-order valence-electron chi connectivity index (χ0n) is 9.80. The lowest BCUT2D eigenvalue weighted by atomic mass is 10.1. The van der Waals surface area contributed by atoms with Crippen LogP contribution >= 0.6 is 0 Å². The third-order valence-electron chi connectivity index (χ3n) is 2.72. The van der Waals surface area contributed by atoms with Crippen molar-refractivity contribution >= 4 is 5.69 Å². The topological polar surface area (TPSA) is 45.1 Å². The van der Waals surface area contributed by atoms with E-state index in [9.17, 15) is 5.11 Å². The molecule has 0 fully saturated rings. The average molecular weight is 228 g/mol. The summed E-state index contributed by atoms with van der Waals surface area (Å²) in [6, 6.07) is 11.7. The zero-order chi connectivity index (χ0) is 12.1. The summed E-state index contributed by atoms with van der Waals surface area (Å²) in [5.74, 6) is 0. The molecule has 0 amide bonds. The Balaban J connectivity index is 1.97. The van der Waals surface area contributed by atoms with Crippen LogP contribution in [0, 0.1) is 6.92 Å². The maximum absolute atomic E-state index is 9.98. The highest BCUT2D eigenvalue weighted by Crippen LogP contribution is 2.16. The second-order valence-electron chi connectivity index (χ2n) is 3.99. The van der Waals surface area contributed by atoms with Crippen LogP contribution in [0.15, 0.2) is 48.8 Å². The number of aromatic nitrogens is 1. The Morgan fingerprint density at radius 1 is 1.18 bits per heavy atom. The first kappa shape index (κ1) is 11.6. The zero-order valence-corrected chi connectivity index (χ0v) is 9.80. The van der Waals surface area contributed by atoms with Crippen LogP contribution in [0.1, 0.15) is 17.2 Å². The van der Waals surface area contributed by atoms with Crippen LogP contribution < -0.4 is 5.32 Å². The van der Waals surface area contributed by atoms with E-state index in [4.69, 9.17) is 0 Å². The van der Waals surface area contributed by atoms with Crippen molar-refractivity contribution < 1.29 is 5.11 Å². The maximum atomic E-state index is 9.98. The van der Waals surface area contributed by atoms with Crippen molar-refractivity contribution in [3.05, 3.63) is 59.9 Å². The van der Waals surface area contributed by atoms with Crippen LogP contribution in [0.3, 0.4) is 0 Å². The largest absolute Gasteiger partial charge is 0.387 e. The second kappa shape index (κ2) is 5.46. The first-order valence-corrected chi connectivity index (χ1v) is 5.65. The molecule has 2 N–H and O–H groups in total. The fraction of sp³-hybridized carbons (Fsp3) is 0.214. The quantitative estimate of drug-likeness (QED) is 0.845. The first-order chi connectivity index (χ1) is 8.27. The predicted molar refractivity (Wildman–Crippen MR) is 68.9 cm³/mol. The molecule has 3 heteroatoms. The first-order valence-electron chi connectivity index (χ1n) is 5.65. The number of aliphatic hydroxyl groups excluding tert-OH is 1. The van der Waals surface area contributed by atoms with Crippen molar-refractivity contribution in [3.63, 3.8) is 0 Å². The molecule has 17 heavy (non-hydrogen) atoms. The molecule has 1 aromatic carbocycles. The minimum atomic E-state index is -0.516. The monoisotopic (exact) mass is 228 g/mol. The van der Waals surface area contributed by atoms with Gasteiger partial charge in [0.1, 0.15) is 0 Å². The molecule has 1 atom stereocenters. The fourth-order valence-electron chi connectivity index (χ4n) is 1.68. The van der Waals surface area contributed by atoms with Crippen molar-refractivity contribution in [2.75, 3.05) is 11.9 Å². The van der Waals surface area contributed by atoms with Crippen LogP contribution in [0.4, 0.5) is 5.69 Å². The highest BCUT2D eigenvalue weighted by molar-refractivity contribution is 5.50. The van der Waals surface area contributed by atoms with Gasteiger partial charge in [-0.1, -0.05) is 18.2 Å². The number of anilines is 1. The van der Waals surface area contributed by atoms with Gasteiger partial charge in [-0.25, -0.2) is 0 Å². The predicted octanol–water partition coefficient (Wildman–Crippen LogP) is 2.54. The Morgan fingerprint density at radius 3 is 2.59 bits per heavy atom. The summed E-state index contributed by atoms with van der Waals surface area (Å²) in [4.78, 5) is 3.93. The Kier molecular flexibility index (Phi) is 3.73. The standard InChI is InChI=1S/C14H16N2O/c1-11-4-2-3-5-13(11)16-10-14(17)12-6-8-15-9-7-12/h2-9,14,16-17H,10H2,1H3. The Bertz CT molecular complexity index is 471. The Morgan fingerprint density at radius 2 is 1.88 bits per heavy atom. The third-order valence-corrected chi connectivity index (χ3v) is 2.72. The number of pyridine rings is 1.